The largest absolute Gasteiger partial charge is 0.480 e. The standard InChI is InChI=1S/C12H18N2O5S/c1-9-8-20-12(18)14(9)5-2-3-10(15)13-4-6-19-7-11(16)17/h8H,2-7H2,1H3,(H,13,15)(H,16,17). The molecule has 112 valence electrons. The molecule has 1 rings (SSSR count). The Kier molecular flexibility index (Phi) is 6.96. The highest BCUT2D eigenvalue weighted by Crippen LogP contribution is 2.02. The predicted molar refractivity (Wildman–Crippen MR) is 74.0 cm³/mol. The quantitative estimate of drug-likeness (QED) is 0.636. The van der Waals surface area contributed by atoms with Gasteiger partial charge in [0.25, 0.3) is 0 Å². The normalized spacial score (nSPS) is 10.4. The van der Waals surface area contributed by atoms with Crippen LogP contribution in [0.5, 0.6) is 0 Å². The molecule has 8 heteroatoms. The van der Waals surface area contributed by atoms with Crippen LogP contribution in [-0.4, -0.2) is 41.3 Å². The molecule has 0 aromatic carbocycles. The lowest BCUT2D eigenvalue weighted by Gasteiger charge is -2.06. The fourth-order valence-electron chi connectivity index (χ4n) is 1.58. The second-order valence-corrected chi connectivity index (χ2v) is 5.02. The molecule has 0 atom stereocenters. The monoisotopic (exact) mass is 302 g/mol. The van der Waals surface area contributed by atoms with E-state index in [0.29, 0.717) is 19.4 Å². The first kappa shape index (κ1) is 16.4. The Labute approximate surface area is 120 Å². The van der Waals surface area contributed by atoms with E-state index in [0.717, 1.165) is 17.0 Å². The number of aliphatic carboxylic acids is 1. The third-order valence-corrected chi connectivity index (χ3v) is 3.44. The summed E-state index contributed by atoms with van der Waals surface area (Å²) in [6.07, 6.45) is 0.903. The van der Waals surface area contributed by atoms with Crippen molar-refractivity contribution in [3.8, 4) is 0 Å². The van der Waals surface area contributed by atoms with E-state index in [4.69, 9.17) is 9.84 Å². The molecule has 20 heavy (non-hydrogen) atoms. The molecule has 0 unspecified atom stereocenters. The van der Waals surface area contributed by atoms with Crippen LogP contribution in [0.4, 0.5) is 0 Å². The molecule has 0 saturated carbocycles. The van der Waals surface area contributed by atoms with E-state index in [1.54, 1.807) is 9.95 Å². The number of carbonyl (C=O) groups excluding carboxylic acids is 1. The van der Waals surface area contributed by atoms with Gasteiger partial charge in [0, 0.05) is 30.6 Å². The van der Waals surface area contributed by atoms with Crippen LogP contribution >= 0.6 is 11.3 Å². The van der Waals surface area contributed by atoms with Crippen molar-refractivity contribution in [3.63, 3.8) is 0 Å². The number of carboxylic acids is 1. The van der Waals surface area contributed by atoms with Crippen LogP contribution in [0.25, 0.3) is 0 Å². The van der Waals surface area contributed by atoms with Gasteiger partial charge in [0.15, 0.2) is 0 Å². The van der Waals surface area contributed by atoms with Crippen LogP contribution in [0.3, 0.4) is 0 Å². The van der Waals surface area contributed by atoms with Crippen LogP contribution < -0.4 is 10.2 Å². The maximum atomic E-state index is 11.5. The third kappa shape index (κ3) is 5.98. The van der Waals surface area contributed by atoms with Crippen molar-refractivity contribution >= 4 is 23.2 Å². The van der Waals surface area contributed by atoms with Crippen molar-refractivity contribution in [2.45, 2.75) is 26.3 Å². The van der Waals surface area contributed by atoms with Gasteiger partial charge in [-0.15, -0.1) is 0 Å². The molecule has 0 radical (unpaired) electrons. The first-order valence-electron chi connectivity index (χ1n) is 6.22. The highest BCUT2D eigenvalue weighted by atomic mass is 32.1. The molecule has 0 saturated heterocycles. The SMILES string of the molecule is Cc1csc(=O)n1CCCC(=O)NCCOCC(=O)O. The van der Waals surface area contributed by atoms with Crippen LogP contribution in [0.15, 0.2) is 10.2 Å². The van der Waals surface area contributed by atoms with E-state index in [2.05, 4.69) is 5.32 Å². The molecule has 1 heterocycles. The van der Waals surface area contributed by atoms with Gasteiger partial charge in [-0.25, -0.2) is 4.79 Å². The molecule has 7 nitrogen and oxygen atoms in total. The Bertz CT molecular complexity index is 508. The zero-order chi connectivity index (χ0) is 15.0. The number of thiazole rings is 1. The molecule has 0 aliphatic carbocycles. The van der Waals surface area contributed by atoms with Gasteiger partial charge in [0.2, 0.25) is 5.91 Å². The Hall–Kier alpha value is -1.67. The molecule has 0 aliphatic heterocycles. The lowest BCUT2D eigenvalue weighted by atomic mass is 10.3. The van der Waals surface area contributed by atoms with E-state index in [1.807, 2.05) is 6.92 Å². The predicted octanol–water partition coefficient (Wildman–Crippen LogP) is 0.216. The number of nitrogens with one attached hydrogen (secondary N) is 1. The summed E-state index contributed by atoms with van der Waals surface area (Å²) in [6, 6.07) is 0. The number of amides is 1. The van der Waals surface area contributed by atoms with E-state index < -0.39 is 5.97 Å². The summed E-state index contributed by atoms with van der Waals surface area (Å²) in [5.41, 5.74) is 0.905. The second kappa shape index (κ2) is 8.49. The molecule has 0 aliphatic rings. The Morgan fingerprint density at radius 2 is 2.25 bits per heavy atom. The minimum absolute atomic E-state index is 0.00928. The van der Waals surface area contributed by atoms with Crippen molar-refractivity contribution in [1.29, 1.82) is 0 Å². The topological polar surface area (TPSA) is 97.6 Å². The van der Waals surface area contributed by atoms with E-state index >= 15 is 0 Å². The summed E-state index contributed by atoms with van der Waals surface area (Å²) < 4.78 is 6.43. The number of hydrogen-bond donors (Lipinski definition) is 2. The molecule has 0 fully saturated rings. The van der Waals surface area contributed by atoms with Gasteiger partial charge < -0.3 is 19.7 Å². The van der Waals surface area contributed by atoms with Gasteiger partial charge in [-0.2, -0.15) is 0 Å². The zero-order valence-corrected chi connectivity index (χ0v) is 12.1. The molecule has 1 amide bonds. The summed E-state index contributed by atoms with van der Waals surface area (Å²) in [6.45, 7) is 2.47. The number of hydrogen-bond acceptors (Lipinski definition) is 5. The first-order valence-corrected chi connectivity index (χ1v) is 7.10. The minimum Gasteiger partial charge on any atom is -0.480 e. The van der Waals surface area contributed by atoms with Crippen LogP contribution in [0.2, 0.25) is 0 Å². The van der Waals surface area contributed by atoms with Gasteiger partial charge in [-0.3, -0.25) is 9.59 Å². The lowest BCUT2D eigenvalue weighted by Crippen LogP contribution is -2.28. The van der Waals surface area contributed by atoms with Gasteiger partial charge in [0.05, 0.1) is 6.61 Å². The molecular formula is C12H18N2O5S. The lowest BCUT2D eigenvalue weighted by molar-refractivity contribution is -0.142. The number of carboxylic acid groups (broad SMARTS) is 1. The van der Waals surface area contributed by atoms with E-state index in [9.17, 15) is 14.4 Å². The number of aryl methyl sites for hydroxylation is 1. The molecule has 1 aromatic heterocycles. The van der Waals surface area contributed by atoms with Gasteiger partial charge in [0.1, 0.15) is 6.61 Å². The van der Waals surface area contributed by atoms with E-state index in [1.165, 1.54) is 0 Å². The summed E-state index contributed by atoms with van der Waals surface area (Å²) in [4.78, 5) is 33.1. The molecule has 0 spiro atoms. The Morgan fingerprint density at radius 3 is 2.85 bits per heavy atom. The summed E-state index contributed by atoms with van der Waals surface area (Å²) >= 11 is 1.15. The Morgan fingerprint density at radius 1 is 1.50 bits per heavy atom. The second-order valence-electron chi connectivity index (χ2n) is 4.19. The minimum atomic E-state index is -1.03. The molecule has 2 N–H and O–H groups in total. The molecular weight excluding hydrogens is 284 g/mol. The van der Waals surface area contributed by atoms with E-state index in [-0.39, 0.29) is 30.5 Å². The number of ether oxygens (including phenoxy) is 1. The fraction of sp³-hybridized carbons (Fsp3) is 0.583. The number of rotatable bonds is 9. The number of aromatic nitrogens is 1. The van der Waals surface area contributed by atoms with Crippen LogP contribution in [0.1, 0.15) is 18.5 Å². The highest BCUT2D eigenvalue weighted by molar-refractivity contribution is 7.07. The van der Waals surface area contributed by atoms with Crippen molar-refractivity contribution in [1.82, 2.24) is 9.88 Å². The van der Waals surface area contributed by atoms with Crippen molar-refractivity contribution < 1.29 is 19.4 Å². The molecule has 0 bridgehead atoms. The Balaban J connectivity index is 2.12. The molecule has 1 aromatic rings. The fourth-order valence-corrected chi connectivity index (χ4v) is 2.34. The number of nitrogens with zero attached hydrogens (tertiary/aromatic N) is 1. The average Bonchev–Trinajstić information content (AvgIpc) is 2.69. The van der Waals surface area contributed by atoms with Gasteiger partial charge in [-0.05, 0) is 13.3 Å². The van der Waals surface area contributed by atoms with Gasteiger partial charge in [-0.1, -0.05) is 11.3 Å². The van der Waals surface area contributed by atoms with Crippen LogP contribution in [-0.2, 0) is 20.9 Å². The summed E-state index contributed by atoms with van der Waals surface area (Å²) in [5, 5.41) is 12.8. The highest BCUT2D eigenvalue weighted by Gasteiger charge is 2.05. The van der Waals surface area contributed by atoms with Gasteiger partial charge >= 0.3 is 10.8 Å². The van der Waals surface area contributed by atoms with Crippen molar-refractivity contribution in [3.05, 3.63) is 20.7 Å². The summed E-state index contributed by atoms with van der Waals surface area (Å²) in [5.74, 6) is -1.17. The van der Waals surface area contributed by atoms with Crippen molar-refractivity contribution in [2.24, 2.45) is 0 Å². The maximum absolute atomic E-state index is 11.5. The smallest absolute Gasteiger partial charge is 0.329 e. The van der Waals surface area contributed by atoms with Crippen LogP contribution in [0, 0.1) is 6.92 Å². The number of carbonyl (C=O) groups is 2. The average molecular weight is 302 g/mol. The maximum Gasteiger partial charge on any atom is 0.329 e. The third-order valence-electron chi connectivity index (χ3n) is 2.56. The van der Waals surface area contributed by atoms with Crippen molar-refractivity contribution in [2.75, 3.05) is 19.8 Å². The summed E-state index contributed by atoms with van der Waals surface area (Å²) in [7, 11) is 0. The first-order chi connectivity index (χ1) is 9.50. The zero-order valence-electron chi connectivity index (χ0n) is 11.3.